The Kier molecular flexibility index (Phi) is 5.49. The minimum absolute atomic E-state index is 0.268. The fourth-order valence-electron chi connectivity index (χ4n) is 3.41. The molecule has 0 unspecified atom stereocenters. The second-order valence-corrected chi connectivity index (χ2v) is 6.04. The normalized spacial score (nSPS) is 28.8. The summed E-state index contributed by atoms with van der Waals surface area (Å²) in [6.45, 7) is 4.82. The Morgan fingerprint density at radius 3 is 2.21 bits per heavy atom. The van der Waals surface area contributed by atoms with E-state index in [9.17, 15) is 4.79 Å². The first-order valence-corrected chi connectivity index (χ1v) is 8.03. The summed E-state index contributed by atoms with van der Waals surface area (Å²) in [5, 5.41) is 0. The number of carbonyl (C=O) groups excluding carboxylic acids is 1. The number of hydrogen-bond acceptors (Lipinski definition) is 2. The molecule has 1 saturated carbocycles. The van der Waals surface area contributed by atoms with Gasteiger partial charge >= 0.3 is 6.03 Å². The maximum atomic E-state index is 12.7. The summed E-state index contributed by atoms with van der Waals surface area (Å²) in [7, 11) is 0. The molecular weight excluding hydrogens is 238 g/mol. The predicted molar refractivity (Wildman–Crippen MR) is 78.0 cm³/mol. The van der Waals surface area contributed by atoms with Gasteiger partial charge in [0.05, 0.1) is 0 Å². The van der Waals surface area contributed by atoms with Crippen LogP contribution in [0.3, 0.4) is 0 Å². The van der Waals surface area contributed by atoms with Gasteiger partial charge in [0.2, 0.25) is 0 Å². The van der Waals surface area contributed by atoms with E-state index in [1.807, 2.05) is 0 Å². The molecule has 2 rings (SSSR count). The van der Waals surface area contributed by atoms with E-state index in [2.05, 4.69) is 16.7 Å². The van der Waals surface area contributed by atoms with Crippen LogP contribution in [-0.4, -0.2) is 47.5 Å². The van der Waals surface area contributed by atoms with Crippen molar-refractivity contribution in [2.24, 2.45) is 5.73 Å². The molecule has 2 amide bonds. The zero-order valence-electron chi connectivity index (χ0n) is 12.3. The third-order valence-corrected chi connectivity index (χ3v) is 4.65. The van der Waals surface area contributed by atoms with E-state index in [0.29, 0.717) is 12.1 Å². The SMILES string of the molecule is CCN(C(=O)N1CCCCCC1)C1CCC(N)CC1. The van der Waals surface area contributed by atoms with Crippen LogP contribution in [0, 0.1) is 0 Å². The van der Waals surface area contributed by atoms with Crippen molar-refractivity contribution in [3.05, 3.63) is 0 Å². The first-order valence-electron chi connectivity index (χ1n) is 8.03. The molecular formula is C15H29N3O. The average molecular weight is 267 g/mol. The first kappa shape index (κ1) is 14.6. The topological polar surface area (TPSA) is 49.6 Å². The van der Waals surface area contributed by atoms with Crippen molar-refractivity contribution in [2.75, 3.05) is 19.6 Å². The molecule has 0 aromatic carbocycles. The van der Waals surface area contributed by atoms with Crippen molar-refractivity contribution in [3.8, 4) is 0 Å². The fraction of sp³-hybridized carbons (Fsp3) is 0.933. The lowest BCUT2D eigenvalue weighted by Crippen LogP contribution is -2.50. The number of nitrogens with two attached hydrogens (primary N) is 1. The van der Waals surface area contributed by atoms with E-state index in [-0.39, 0.29) is 6.03 Å². The quantitative estimate of drug-likeness (QED) is 0.836. The smallest absolute Gasteiger partial charge is 0.320 e. The minimum Gasteiger partial charge on any atom is -0.328 e. The van der Waals surface area contributed by atoms with Gasteiger partial charge in [-0.1, -0.05) is 12.8 Å². The van der Waals surface area contributed by atoms with Crippen molar-refractivity contribution in [1.82, 2.24) is 9.80 Å². The van der Waals surface area contributed by atoms with Crippen LogP contribution in [0.15, 0.2) is 0 Å². The number of amides is 2. The fourth-order valence-corrected chi connectivity index (χ4v) is 3.41. The molecule has 0 bridgehead atoms. The van der Waals surface area contributed by atoms with E-state index in [1.165, 1.54) is 25.7 Å². The van der Waals surface area contributed by atoms with E-state index in [1.54, 1.807) is 0 Å². The Bertz CT molecular complexity index is 279. The number of hydrogen-bond donors (Lipinski definition) is 1. The van der Waals surface area contributed by atoms with Gasteiger partial charge in [-0.05, 0) is 45.4 Å². The van der Waals surface area contributed by atoms with E-state index >= 15 is 0 Å². The Morgan fingerprint density at radius 2 is 1.68 bits per heavy atom. The maximum absolute atomic E-state index is 12.7. The molecule has 2 fully saturated rings. The van der Waals surface area contributed by atoms with Gasteiger partial charge in [0.25, 0.3) is 0 Å². The van der Waals surface area contributed by atoms with Gasteiger partial charge in [0.15, 0.2) is 0 Å². The van der Waals surface area contributed by atoms with Gasteiger partial charge in [-0.25, -0.2) is 4.79 Å². The largest absolute Gasteiger partial charge is 0.328 e. The van der Waals surface area contributed by atoms with E-state index in [4.69, 9.17) is 5.73 Å². The van der Waals surface area contributed by atoms with Crippen LogP contribution >= 0.6 is 0 Å². The van der Waals surface area contributed by atoms with Crippen LogP contribution in [0.1, 0.15) is 58.3 Å². The van der Waals surface area contributed by atoms with Crippen LogP contribution in [0.25, 0.3) is 0 Å². The minimum atomic E-state index is 0.268. The lowest BCUT2D eigenvalue weighted by atomic mass is 9.91. The first-order chi connectivity index (χ1) is 9.22. The third kappa shape index (κ3) is 3.85. The monoisotopic (exact) mass is 267 g/mol. The van der Waals surface area contributed by atoms with Crippen molar-refractivity contribution in [3.63, 3.8) is 0 Å². The second-order valence-electron chi connectivity index (χ2n) is 6.04. The second kappa shape index (κ2) is 7.13. The summed E-state index contributed by atoms with van der Waals surface area (Å²) < 4.78 is 0. The molecule has 1 aliphatic carbocycles. The molecule has 2 aliphatic rings. The van der Waals surface area contributed by atoms with Gasteiger partial charge in [-0.2, -0.15) is 0 Å². The number of nitrogens with zero attached hydrogens (tertiary/aromatic N) is 2. The maximum Gasteiger partial charge on any atom is 0.320 e. The summed E-state index contributed by atoms with van der Waals surface area (Å²) in [5.41, 5.74) is 5.96. The lowest BCUT2D eigenvalue weighted by molar-refractivity contribution is 0.121. The van der Waals surface area contributed by atoms with Crippen LogP contribution in [0.2, 0.25) is 0 Å². The van der Waals surface area contributed by atoms with Crippen molar-refractivity contribution >= 4 is 6.03 Å². The molecule has 4 heteroatoms. The Morgan fingerprint density at radius 1 is 1.11 bits per heavy atom. The molecule has 19 heavy (non-hydrogen) atoms. The molecule has 1 aliphatic heterocycles. The summed E-state index contributed by atoms with van der Waals surface area (Å²) >= 11 is 0. The highest BCUT2D eigenvalue weighted by molar-refractivity contribution is 5.74. The van der Waals surface area contributed by atoms with Crippen LogP contribution in [-0.2, 0) is 0 Å². The van der Waals surface area contributed by atoms with Gasteiger partial charge in [0, 0.05) is 31.7 Å². The third-order valence-electron chi connectivity index (χ3n) is 4.65. The highest BCUT2D eigenvalue weighted by Gasteiger charge is 2.29. The number of rotatable bonds is 2. The van der Waals surface area contributed by atoms with Crippen molar-refractivity contribution in [1.29, 1.82) is 0 Å². The number of urea groups is 1. The van der Waals surface area contributed by atoms with Gasteiger partial charge < -0.3 is 15.5 Å². The Hall–Kier alpha value is -0.770. The van der Waals surface area contributed by atoms with Crippen molar-refractivity contribution < 1.29 is 4.79 Å². The molecule has 1 saturated heterocycles. The van der Waals surface area contributed by atoms with Crippen LogP contribution in [0.5, 0.6) is 0 Å². The zero-order valence-corrected chi connectivity index (χ0v) is 12.3. The molecule has 4 nitrogen and oxygen atoms in total. The molecule has 0 aromatic heterocycles. The highest BCUT2D eigenvalue weighted by atomic mass is 16.2. The van der Waals surface area contributed by atoms with Gasteiger partial charge in [-0.15, -0.1) is 0 Å². The summed E-state index contributed by atoms with van der Waals surface area (Å²) in [6.07, 6.45) is 9.16. The van der Waals surface area contributed by atoms with Crippen molar-refractivity contribution in [2.45, 2.75) is 70.4 Å². The molecule has 110 valence electrons. The molecule has 0 atom stereocenters. The Labute approximate surface area is 117 Å². The van der Waals surface area contributed by atoms with Crippen LogP contribution in [0.4, 0.5) is 4.79 Å². The van der Waals surface area contributed by atoms with Gasteiger partial charge in [0.1, 0.15) is 0 Å². The van der Waals surface area contributed by atoms with Crippen LogP contribution < -0.4 is 5.73 Å². The molecule has 0 radical (unpaired) electrons. The average Bonchev–Trinajstić information content (AvgIpc) is 2.70. The summed E-state index contributed by atoms with van der Waals surface area (Å²) in [4.78, 5) is 16.9. The van der Waals surface area contributed by atoms with Gasteiger partial charge in [-0.3, -0.25) is 0 Å². The predicted octanol–water partition coefficient (Wildman–Crippen LogP) is 2.57. The summed E-state index contributed by atoms with van der Waals surface area (Å²) in [6, 6.07) is 1.04. The highest BCUT2D eigenvalue weighted by Crippen LogP contribution is 2.23. The standard InChI is InChI=1S/C15H29N3O/c1-2-18(14-9-7-13(16)8-10-14)15(19)17-11-5-3-4-6-12-17/h13-14H,2-12,16H2,1H3. The number of likely N-dealkylation sites (tertiary alicyclic amines) is 1. The summed E-state index contributed by atoms with van der Waals surface area (Å²) in [5.74, 6) is 0. The molecule has 0 spiro atoms. The molecule has 2 N–H and O–H groups in total. The zero-order chi connectivity index (χ0) is 13.7. The number of carbonyl (C=O) groups is 1. The Balaban J connectivity index is 1.93. The molecule has 1 heterocycles. The van der Waals surface area contributed by atoms with E-state index in [0.717, 1.165) is 45.3 Å². The molecule has 0 aromatic rings. The lowest BCUT2D eigenvalue weighted by Gasteiger charge is -2.38. The van der Waals surface area contributed by atoms with E-state index < -0.39 is 0 Å².